The molecule has 2 aromatic heterocycles. The molecule has 3 aromatic carbocycles. The minimum atomic E-state index is -0.621. The van der Waals surface area contributed by atoms with Gasteiger partial charge in [0.15, 0.2) is 11.5 Å². The number of nitrogens with zero attached hydrogens (tertiary/aromatic N) is 6. The minimum Gasteiger partial charge on any atom is -0.486 e. The molecule has 1 saturated heterocycles. The third-order valence-corrected chi connectivity index (χ3v) is 9.89. The van der Waals surface area contributed by atoms with Crippen molar-refractivity contribution < 1.29 is 33.6 Å². The van der Waals surface area contributed by atoms with Crippen LogP contribution >= 0.6 is 0 Å². The zero-order chi connectivity index (χ0) is 41.6. The summed E-state index contributed by atoms with van der Waals surface area (Å²) >= 11 is 0. The molecule has 0 spiro atoms. The molecule has 0 unspecified atom stereocenters. The van der Waals surface area contributed by atoms with Gasteiger partial charge in [0.05, 0.1) is 38.2 Å². The maximum absolute atomic E-state index is 13.3. The topological polar surface area (TPSA) is 199 Å². The Labute approximate surface area is 332 Å². The molecular weight excluding hydrogens is 752 g/mol. The Kier molecular flexibility index (Phi) is 12.5. The second kappa shape index (κ2) is 17.7. The lowest BCUT2D eigenvalue weighted by Crippen LogP contribution is -2.49. The number of amides is 1. The number of rotatable bonds is 10. The number of aromatic nitrogens is 2. The smallest absolute Gasteiger partial charge is 0.410 e. The van der Waals surface area contributed by atoms with Gasteiger partial charge in [0.2, 0.25) is 0 Å². The van der Waals surface area contributed by atoms with Crippen LogP contribution in [-0.2, 0) is 29.2 Å². The summed E-state index contributed by atoms with van der Waals surface area (Å²) in [6.07, 6.45) is 1.73. The number of hydrogen-bond acceptors (Lipinski definition) is 12. The molecule has 5 aromatic rings. The van der Waals surface area contributed by atoms with Crippen molar-refractivity contribution in [2.24, 2.45) is 0 Å². The van der Waals surface area contributed by atoms with E-state index in [1.165, 1.54) is 47.0 Å². The lowest BCUT2D eigenvalue weighted by Gasteiger charge is -2.39. The van der Waals surface area contributed by atoms with E-state index >= 15 is 0 Å². The third kappa shape index (κ3) is 9.49. The third-order valence-electron chi connectivity index (χ3n) is 9.89. The van der Waals surface area contributed by atoms with E-state index in [0.29, 0.717) is 72.4 Å². The highest BCUT2D eigenvalue weighted by molar-refractivity contribution is 5.89. The van der Waals surface area contributed by atoms with Gasteiger partial charge >= 0.3 is 6.09 Å². The molecule has 304 valence electrons. The molecular formula is C41H44N6O11. The van der Waals surface area contributed by atoms with Gasteiger partial charge in [-0.3, -0.25) is 29.8 Å². The monoisotopic (exact) mass is 796 g/mol. The Morgan fingerprint density at radius 2 is 1.38 bits per heavy atom. The maximum Gasteiger partial charge on any atom is 0.410 e. The molecule has 0 bridgehead atoms. The number of nitro groups is 2. The van der Waals surface area contributed by atoms with Crippen molar-refractivity contribution in [2.75, 3.05) is 32.8 Å². The number of nitro benzene ring substituents is 2. The van der Waals surface area contributed by atoms with Crippen LogP contribution in [-0.4, -0.2) is 85.7 Å². The molecule has 2 aliphatic rings. The first-order valence-electron chi connectivity index (χ1n) is 18.8. The first kappa shape index (κ1) is 41.0. The second-order valence-corrected chi connectivity index (χ2v) is 14.9. The van der Waals surface area contributed by atoms with Crippen LogP contribution in [0.15, 0.2) is 88.5 Å². The van der Waals surface area contributed by atoms with Gasteiger partial charge in [0.1, 0.15) is 25.1 Å². The van der Waals surface area contributed by atoms with Gasteiger partial charge < -0.3 is 37.9 Å². The van der Waals surface area contributed by atoms with Crippen LogP contribution < -0.4 is 20.6 Å². The van der Waals surface area contributed by atoms with Crippen LogP contribution in [0, 0.1) is 20.2 Å². The number of benzene rings is 3. The van der Waals surface area contributed by atoms with Crippen LogP contribution in [0.3, 0.4) is 0 Å². The zero-order valence-electron chi connectivity index (χ0n) is 32.4. The first-order valence-corrected chi connectivity index (χ1v) is 18.8. The first-order chi connectivity index (χ1) is 27.7. The molecule has 1 amide bonds. The maximum atomic E-state index is 13.3. The van der Waals surface area contributed by atoms with Gasteiger partial charge in [-0.2, -0.15) is 0 Å². The minimum absolute atomic E-state index is 0.0164. The predicted molar refractivity (Wildman–Crippen MR) is 214 cm³/mol. The number of carbonyl (C=O) groups is 2. The molecule has 7 rings (SSSR count). The van der Waals surface area contributed by atoms with E-state index in [0.717, 1.165) is 31.5 Å². The lowest BCUT2D eigenvalue weighted by atomic mass is 10.0. The number of likely N-dealkylation sites (tertiary alicyclic amines) is 1. The SMILES string of the molecule is CC(C)(C)OC(=O)N(Cc1ccc2c(c1)OCCO2)C1CCN(CCn2c(=O)ccc3c([N+](=O)[O-])cccc32)CC1.O=CCn1c(=O)ccc2c([N+](=O)[O-])cccc21. The van der Waals surface area contributed by atoms with E-state index in [4.69, 9.17) is 14.2 Å². The zero-order valence-corrected chi connectivity index (χ0v) is 32.4. The number of carbonyl (C=O) groups excluding carboxylic acids is 2. The average Bonchev–Trinajstić information content (AvgIpc) is 3.20. The van der Waals surface area contributed by atoms with Crippen LogP contribution in [0.25, 0.3) is 21.8 Å². The molecule has 0 aliphatic carbocycles. The summed E-state index contributed by atoms with van der Waals surface area (Å²) in [4.78, 5) is 73.5. The summed E-state index contributed by atoms with van der Waals surface area (Å²) in [5.74, 6) is 1.39. The fourth-order valence-electron chi connectivity index (χ4n) is 7.18. The molecule has 2 aliphatic heterocycles. The fraction of sp³-hybridized carbons (Fsp3) is 0.366. The number of non-ortho nitro benzene ring substituents is 2. The van der Waals surface area contributed by atoms with Crippen molar-refractivity contribution in [1.29, 1.82) is 0 Å². The summed E-state index contributed by atoms with van der Waals surface area (Å²) in [5.41, 5.74) is 0.611. The summed E-state index contributed by atoms with van der Waals surface area (Å²) in [5, 5.41) is 23.1. The standard InChI is InChI=1S/C30H36N4O7.C11H8N2O4/c1-30(2,3)41-29(36)33(20-21-7-9-26-27(19-21)40-18-17-39-26)22-11-13-31(14-12-22)15-16-32-24-5-4-6-25(34(37)38)23(24)8-10-28(32)35;14-7-6-12-9-2-1-3-10(13(16)17)8(9)4-5-11(12)15/h4-10,19,22H,11-18,20H2,1-3H3;1-5,7H,6H2. The Hall–Kier alpha value is -6.62. The van der Waals surface area contributed by atoms with Gasteiger partial charge in [-0.1, -0.05) is 18.2 Å². The van der Waals surface area contributed by atoms with Crippen molar-refractivity contribution in [3.8, 4) is 11.5 Å². The number of fused-ring (bicyclic) bond motifs is 3. The average molecular weight is 797 g/mol. The summed E-state index contributed by atoms with van der Waals surface area (Å²) in [6.45, 7) is 9.38. The largest absolute Gasteiger partial charge is 0.486 e. The van der Waals surface area contributed by atoms with Gasteiger partial charge in [0.25, 0.3) is 22.5 Å². The molecule has 17 heteroatoms. The molecule has 17 nitrogen and oxygen atoms in total. The van der Waals surface area contributed by atoms with E-state index < -0.39 is 15.4 Å². The highest BCUT2D eigenvalue weighted by Crippen LogP contribution is 2.32. The van der Waals surface area contributed by atoms with Crippen LogP contribution in [0.2, 0.25) is 0 Å². The molecule has 58 heavy (non-hydrogen) atoms. The Morgan fingerprint density at radius 1 is 0.810 bits per heavy atom. The second-order valence-electron chi connectivity index (χ2n) is 14.9. The van der Waals surface area contributed by atoms with Gasteiger partial charge in [-0.15, -0.1) is 0 Å². The Bertz CT molecular complexity index is 2470. The highest BCUT2D eigenvalue weighted by Gasteiger charge is 2.32. The van der Waals surface area contributed by atoms with E-state index in [9.17, 15) is 39.4 Å². The van der Waals surface area contributed by atoms with Crippen molar-refractivity contribution >= 4 is 45.6 Å². The van der Waals surface area contributed by atoms with Crippen LogP contribution in [0.4, 0.5) is 16.2 Å². The molecule has 1 fully saturated rings. The lowest BCUT2D eigenvalue weighted by molar-refractivity contribution is -0.383. The molecule has 0 saturated carbocycles. The van der Waals surface area contributed by atoms with Crippen molar-refractivity contribution in [1.82, 2.24) is 18.9 Å². The highest BCUT2D eigenvalue weighted by atomic mass is 16.6. The van der Waals surface area contributed by atoms with E-state index in [1.807, 2.05) is 43.9 Å². The number of pyridine rings is 2. The quantitative estimate of drug-likeness (QED) is 0.0952. The van der Waals surface area contributed by atoms with E-state index in [1.54, 1.807) is 22.8 Å². The van der Waals surface area contributed by atoms with Gasteiger partial charge in [-0.25, -0.2) is 4.79 Å². The summed E-state index contributed by atoms with van der Waals surface area (Å²) in [6, 6.07) is 20.5. The molecule has 0 N–H and O–H groups in total. The molecule has 0 radical (unpaired) electrons. The van der Waals surface area contributed by atoms with Crippen molar-refractivity contribution in [3.05, 3.63) is 125 Å². The van der Waals surface area contributed by atoms with Gasteiger partial charge in [-0.05, 0) is 75.6 Å². The van der Waals surface area contributed by atoms with E-state index in [-0.39, 0.29) is 41.2 Å². The van der Waals surface area contributed by atoms with Crippen LogP contribution in [0.5, 0.6) is 11.5 Å². The van der Waals surface area contributed by atoms with Crippen molar-refractivity contribution in [3.63, 3.8) is 0 Å². The summed E-state index contributed by atoms with van der Waals surface area (Å²) in [7, 11) is 0. The number of piperidine rings is 1. The van der Waals surface area contributed by atoms with E-state index in [2.05, 4.69) is 4.90 Å². The Balaban J connectivity index is 0.000000278. The predicted octanol–water partition coefficient (Wildman–Crippen LogP) is 5.69. The fourth-order valence-corrected chi connectivity index (χ4v) is 7.18. The molecule has 4 heterocycles. The van der Waals surface area contributed by atoms with Crippen molar-refractivity contribution in [2.45, 2.75) is 64.9 Å². The molecule has 0 atom stereocenters. The number of aldehydes is 1. The summed E-state index contributed by atoms with van der Waals surface area (Å²) < 4.78 is 20.0. The van der Waals surface area contributed by atoms with Gasteiger partial charge in [0, 0.05) is 63.0 Å². The number of ether oxygens (including phenoxy) is 3. The number of hydrogen-bond donors (Lipinski definition) is 0. The van der Waals surface area contributed by atoms with Crippen LogP contribution in [0.1, 0.15) is 39.2 Å². The normalized spacial score (nSPS) is 14.3. The Morgan fingerprint density at radius 3 is 1.95 bits per heavy atom.